The van der Waals surface area contributed by atoms with Crippen molar-refractivity contribution < 1.29 is 9.69 Å². The van der Waals surface area contributed by atoms with E-state index in [0.717, 1.165) is 39.5 Å². The molecule has 4 nitrogen and oxygen atoms in total. The van der Waals surface area contributed by atoms with Gasteiger partial charge in [0.2, 0.25) is 5.91 Å². The van der Waals surface area contributed by atoms with Gasteiger partial charge in [-0.2, -0.15) is 0 Å². The van der Waals surface area contributed by atoms with Crippen LogP contribution in [0, 0.1) is 0 Å². The molecule has 0 spiro atoms. The van der Waals surface area contributed by atoms with E-state index in [-0.39, 0.29) is 5.91 Å². The molecule has 2 rings (SSSR count). The van der Waals surface area contributed by atoms with Crippen LogP contribution in [0.5, 0.6) is 0 Å². The van der Waals surface area contributed by atoms with E-state index in [1.165, 1.54) is 4.90 Å². The Balaban J connectivity index is 2.21. The van der Waals surface area contributed by atoms with Gasteiger partial charge in [-0.1, -0.05) is 27.3 Å². The minimum Gasteiger partial charge on any atom is -0.334 e. The van der Waals surface area contributed by atoms with E-state index in [0.29, 0.717) is 6.54 Å². The predicted molar refractivity (Wildman–Crippen MR) is 92.3 cm³/mol. The third-order valence-electron chi connectivity index (χ3n) is 3.64. The third-order valence-corrected chi connectivity index (χ3v) is 5.17. The standard InChI is InChI=1S/C15H20BrN3OS/c1-4-18(5-2)8-9-19(11(3)20)15-17-13-7-6-12(16)10-14(13)21-15/h6-7,10H,4-5,8-9H2,1-3H3/p+1. The predicted octanol–water partition coefficient (Wildman–Crippen LogP) is 2.34. The number of benzene rings is 1. The second-order valence-electron chi connectivity index (χ2n) is 4.99. The number of quaternary nitrogens is 1. The Morgan fingerprint density at radius 2 is 2.10 bits per heavy atom. The van der Waals surface area contributed by atoms with Gasteiger partial charge in [0.1, 0.15) is 0 Å². The summed E-state index contributed by atoms with van der Waals surface area (Å²) in [7, 11) is 0. The van der Waals surface area contributed by atoms with Gasteiger partial charge < -0.3 is 4.90 Å². The summed E-state index contributed by atoms with van der Waals surface area (Å²) < 4.78 is 2.13. The van der Waals surface area contributed by atoms with Crippen molar-refractivity contribution in [3.8, 4) is 0 Å². The summed E-state index contributed by atoms with van der Waals surface area (Å²) in [5, 5.41) is 0.794. The highest BCUT2D eigenvalue weighted by atomic mass is 79.9. The lowest BCUT2D eigenvalue weighted by Gasteiger charge is -2.21. The number of hydrogen-bond donors (Lipinski definition) is 1. The second-order valence-corrected chi connectivity index (χ2v) is 6.91. The molecule has 0 unspecified atom stereocenters. The topological polar surface area (TPSA) is 37.6 Å². The van der Waals surface area contributed by atoms with Gasteiger partial charge in [-0.3, -0.25) is 9.69 Å². The number of rotatable bonds is 6. The second kappa shape index (κ2) is 7.33. The number of anilines is 1. The minimum atomic E-state index is 0.0553. The van der Waals surface area contributed by atoms with Crippen molar-refractivity contribution >= 4 is 48.5 Å². The molecule has 0 atom stereocenters. The van der Waals surface area contributed by atoms with Crippen molar-refractivity contribution in [1.29, 1.82) is 0 Å². The molecule has 1 aromatic heterocycles. The number of carbonyl (C=O) groups excluding carboxylic acids is 1. The lowest BCUT2D eigenvalue weighted by atomic mass is 10.3. The Morgan fingerprint density at radius 1 is 1.38 bits per heavy atom. The molecule has 1 heterocycles. The zero-order chi connectivity index (χ0) is 15.4. The van der Waals surface area contributed by atoms with Gasteiger partial charge in [0.15, 0.2) is 5.13 Å². The van der Waals surface area contributed by atoms with Crippen molar-refractivity contribution in [3.63, 3.8) is 0 Å². The number of hydrogen-bond acceptors (Lipinski definition) is 3. The van der Waals surface area contributed by atoms with Crippen LogP contribution in [0.15, 0.2) is 22.7 Å². The van der Waals surface area contributed by atoms with E-state index in [1.807, 2.05) is 18.2 Å². The number of likely N-dealkylation sites (N-methyl/N-ethyl adjacent to an activating group) is 1. The zero-order valence-electron chi connectivity index (χ0n) is 12.6. The van der Waals surface area contributed by atoms with Crippen LogP contribution in [0.4, 0.5) is 5.13 Å². The molecule has 0 radical (unpaired) electrons. The van der Waals surface area contributed by atoms with Crippen LogP contribution in [0.25, 0.3) is 10.2 Å². The lowest BCUT2D eigenvalue weighted by Crippen LogP contribution is -3.12. The maximum Gasteiger partial charge on any atom is 0.225 e. The molecule has 0 saturated carbocycles. The highest BCUT2D eigenvalue weighted by Crippen LogP contribution is 2.30. The number of thiazole rings is 1. The zero-order valence-corrected chi connectivity index (χ0v) is 15.1. The minimum absolute atomic E-state index is 0.0553. The van der Waals surface area contributed by atoms with E-state index in [9.17, 15) is 4.79 Å². The Kier molecular flexibility index (Phi) is 5.72. The molecule has 0 fully saturated rings. The highest BCUT2D eigenvalue weighted by Gasteiger charge is 2.18. The fraction of sp³-hybridized carbons (Fsp3) is 0.467. The molecule has 0 aliphatic heterocycles. The molecule has 0 saturated heterocycles. The Hall–Kier alpha value is -0.980. The molecule has 0 aliphatic carbocycles. The van der Waals surface area contributed by atoms with E-state index in [4.69, 9.17) is 0 Å². The summed E-state index contributed by atoms with van der Waals surface area (Å²) in [4.78, 5) is 19.8. The van der Waals surface area contributed by atoms with Gasteiger partial charge in [-0.25, -0.2) is 4.98 Å². The van der Waals surface area contributed by atoms with Gasteiger partial charge in [0, 0.05) is 11.4 Å². The van der Waals surface area contributed by atoms with Crippen LogP contribution in [0.3, 0.4) is 0 Å². The van der Waals surface area contributed by atoms with Crippen LogP contribution in [-0.2, 0) is 4.79 Å². The monoisotopic (exact) mass is 370 g/mol. The summed E-state index contributed by atoms with van der Waals surface area (Å²) in [5.41, 5.74) is 0.944. The molecule has 0 aliphatic rings. The van der Waals surface area contributed by atoms with Crippen LogP contribution in [0.1, 0.15) is 20.8 Å². The number of amides is 1. The van der Waals surface area contributed by atoms with Crippen LogP contribution in [-0.4, -0.2) is 37.1 Å². The molecule has 114 valence electrons. The summed E-state index contributed by atoms with van der Waals surface area (Å²) in [6.07, 6.45) is 0. The number of halogens is 1. The quantitative estimate of drug-likeness (QED) is 0.847. The summed E-state index contributed by atoms with van der Waals surface area (Å²) in [6.45, 7) is 9.78. The first-order chi connectivity index (χ1) is 10.0. The number of aromatic nitrogens is 1. The largest absolute Gasteiger partial charge is 0.334 e. The Labute approximate surface area is 137 Å². The van der Waals surface area contributed by atoms with Crippen LogP contribution in [0.2, 0.25) is 0 Å². The van der Waals surface area contributed by atoms with Crippen molar-refractivity contribution in [2.75, 3.05) is 31.1 Å². The number of nitrogens with one attached hydrogen (secondary N) is 1. The van der Waals surface area contributed by atoms with Crippen molar-refractivity contribution in [1.82, 2.24) is 4.98 Å². The molecule has 1 amide bonds. The summed E-state index contributed by atoms with van der Waals surface area (Å²) in [6, 6.07) is 6.00. The van der Waals surface area contributed by atoms with Crippen molar-refractivity contribution in [2.45, 2.75) is 20.8 Å². The van der Waals surface area contributed by atoms with Crippen molar-refractivity contribution in [3.05, 3.63) is 22.7 Å². The molecule has 1 aromatic carbocycles. The van der Waals surface area contributed by atoms with Crippen LogP contribution >= 0.6 is 27.3 Å². The summed E-state index contributed by atoms with van der Waals surface area (Å²) >= 11 is 5.04. The SMILES string of the molecule is CC[NH+](CC)CCN(C(C)=O)c1nc2ccc(Br)cc2s1. The maximum atomic E-state index is 12.0. The van der Waals surface area contributed by atoms with E-state index < -0.39 is 0 Å². The number of fused-ring (bicyclic) bond motifs is 1. The van der Waals surface area contributed by atoms with Gasteiger partial charge in [-0.15, -0.1) is 0 Å². The van der Waals surface area contributed by atoms with Gasteiger partial charge in [-0.05, 0) is 32.0 Å². The normalized spacial score (nSPS) is 11.3. The van der Waals surface area contributed by atoms with E-state index in [2.05, 4.69) is 34.8 Å². The van der Waals surface area contributed by atoms with Crippen molar-refractivity contribution in [2.24, 2.45) is 0 Å². The Morgan fingerprint density at radius 3 is 2.71 bits per heavy atom. The first kappa shape index (κ1) is 16.4. The van der Waals surface area contributed by atoms with Gasteiger partial charge in [0.05, 0.1) is 36.4 Å². The molecule has 0 bridgehead atoms. The molecule has 21 heavy (non-hydrogen) atoms. The molecule has 1 N–H and O–H groups in total. The number of carbonyl (C=O) groups is 1. The van der Waals surface area contributed by atoms with E-state index in [1.54, 1.807) is 23.2 Å². The Bertz CT molecular complexity index is 624. The lowest BCUT2D eigenvalue weighted by molar-refractivity contribution is -0.894. The van der Waals surface area contributed by atoms with Crippen LogP contribution < -0.4 is 9.80 Å². The smallest absolute Gasteiger partial charge is 0.225 e. The average molecular weight is 371 g/mol. The average Bonchev–Trinajstić information content (AvgIpc) is 2.85. The molecule has 6 heteroatoms. The fourth-order valence-electron chi connectivity index (χ4n) is 2.26. The van der Waals surface area contributed by atoms with Gasteiger partial charge >= 0.3 is 0 Å². The first-order valence-corrected chi connectivity index (χ1v) is 8.83. The highest BCUT2D eigenvalue weighted by molar-refractivity contribution is 9.10. The third kappa shape index (κ3) is 4.02. The molecule has 2 aromatic rings. The summed E-state index contributed by atoms with van der Waals surface area (Å²) in [5.74, 6) is 0.0553. The first-order valence-electron chi connectivity index (χ1n) is 7.22. The van der Waals surface area contributed by atoms with Gasteiger partial charge in [0.25, 0.3) is 0 Å². The number of nitrogens with zero attached hydrogens (tertiary/aromatic N) is 2. The fourth-order valence-corrected chi connectivity index (χ4v) is 3.85. The molecular formula is C15H21BrN3OS+. The molecular weight excluding hydrogens is 350 g/mol. The van der Waals surface area contributed by atoms with E-state index >= 15 is 0 Å². The maximum absolute atomic E-state index is 12.0.